The lowest BCUT2D eigenvalue weighted by Gasteiger charge is -2.26. The molecule has 0 bridgehead atoms. The molecule has 1 aliphatic heterocycles. The fourth-order valence-corrected chi connectivity index (χ4v) is 5.99. The van der Waals surface area contributed by atoms with Gasteiger partial charge < -0.3 is 4.74 Å². The summed E-state index contributed by atoms with van der Waals surface area (Å²) in [7, 11) is -3.70. The predicted molar refractivity (Wildman–Crippen MR) is 130 cm³/mol. The number of carbonyl (C=O) groups excluding carboxylic acids is 1. The summed E-state index contributed by atoms with van der Waals surface area (Å²) in [6.07, 6.45) is 0. The molecule has 9 heteroatoms. The van der Waals surface area contributed by atoms with E-state index in [0.717, 1.165) is 11.3 Å². The van der Waals surface area contributed by atoms with Gasteiger partial charge in [-0.25, -0.2) is 13.4 Å². The zero-order valence-electron chi connectivity index (χ0n) is 18.9. The van der Waals surface area contributed by atoms with E-state index >= 15 is 0 Å². The molecule has 1 aromatic heterocycles. The van der Waals surface area contributed by atoms with Gasteiger partial charge in [0, 0.05) is 29.6 Å². The minimum absolute atomic E-state index is 0.141. The van der Waals surface area contributed by atoms with Crippen LogP contribution < -0.4 is 5.32 Å². The molecule has 1 saturated heterocycles. The van der Waals surface area contributed by atoms with E-state index < -0.39 is 15.9 Å². The highest BCUT2D eigenvalue weighted by molar-refractivity contribution is 7.89. The number of hydrogen-bond donors (Lipinski definition) is 1. The molecule has 2 aromatic carbocycles. The van der Waals surface area contributed by atoms with Gasteiger partial charge in [0.25, 0.3) is 5.91 Å². The van der Waals surface area contributed by atoms with Crippen molar-refractivity contribution in [2.45, 2.75) is 31.6 Å². The summed E-state index contributed by atoms with van der Waals surface area (Å²) in [6, 6.07) is 12.9. The summed E-state index contributed by atoms with van der Waals surface area (Å²) in [5.41, 5.74) is 3.88. The molecule has 0 aliphatic carbocycles. The number of aromatic nitrogens is 1. The van der Waals surface area contributed by atoms with E-state index in [4.69, 9.17) is 4.74 Å². The fourth-order valence-electron chi connectivity index (χ4n) is 3.62. The maximum absolute atomic E-state index is 13.1. The summed E-state index contributed by atoms with van der Waals surface area (Å²) < 4.78 is 32.9. The number of morpholine rings is 1. The summed E-state index contributed by atoms with van der Waals surface area (Å²) in [6.45, 7) is 7.36. The van der Waals surface area contributed by atoms with Crippen molar-refractivity contribution < 1.29 is 17.9 Å². The first-order valence-corrected chi connectivity index (χ1v) is 13.1. The number of amides is 1. The van der Waals surface area contributed by atoms with Crippen LogP contribution in [-0.4, -0.2) is 49.9 Å². The van der Waals surface area contributed by atoms with Crippen molar-refractivity contribution in [1.29, 1.82) is 0 Å². The minimum Gasteiger partial charge on any atom is -0.379 e. The average molecular weight is 486 g/mol. The molecule has 2 heterocycles. The number of rotatable bonds is 6. The number of nitrogens with zero attached hydrogens (tertiary/aromatic N) is 2. The van der Waals surface area contributed by atoms with Crippen LogP contribution in [0.15, 0.2) is 52.7 Å². The highest BCUT2D eigenvalue weighted by atomic mass is 32.2. The summed E-state index contributed by atoms with van der Waals surface area (Å²) >= 11 is 1.33. The van der Waals surface area contributed by atoms with E-state index in [9.17, 15) is 13.2 Å². The number of anilines is 1. The molecule has 1 aliphatic rings. The summed E-state index contributed by atoms with van der Waals surface area (Å²) in [5, 5.41) is 5.15. The zero-order chi connectivity index (χ0) is 23.6. The van der Waals surface area contributed by atoms with Crippen LogP contribution in [0.1, 0.15) is 41.3 Å². The highest BCUT2D eigenvalue weighted by Gasteiger charge is 2.28. The van der Waals surface area contributed by atoms with Gasteiger partial charge in [-0.1, -0.05) is 44.2 Å². The van der Waals surface area contributed by atoms with Gasteiger partial charge in [-0.15, -0.1) is 11.3 Å². The standard InChI is InChI=1S/C24H27N3O4S2/c1-16(2)18-6-8-19(9-7-18)21-15-32-24(25-21)26-23(28)20-5-4-17(3)22(14-20)33(29,30)27-10-12-31-13-11-27/h4-9,14-16H,10-13H2,1-3H3,(H,25,26,28). The first-order valence-electron chi connectivity index (χ1n) is 10.8. The van der Waals surface area contributed by atoms with Gasteiger partial charge >= 0.3 is 0 Å². The Morgan fingerprint density at radius 3 is 2.48 bits per heavy atom. The van der Waals surface area contributed by atoms with Crippen molar-refractivity contribution >= 4 is 32.4 Å². The van der Waals surface area contributed by atoms with Crippen LogP contribution in [0.2, 0.25) is 0 Å². The molecule has 1 fully saturated rings. The Labute approximate surface area is 198 Å². The smallest absolute Gasteiger partial charge is 0.257 e. The van der Waals surface area contributed by atoms with Gasteiger partial charge in [0.1, 0.15) is 0 Å². The molecule has 33 heavy (non-hydrogen) atoms. The molecule has 0 radical (unpaired) electrons. The van der Waals surface area contributed by atoms with E-state index in [1.54, 1.807) is 19.1 Å². The van der Waals surface area contributed by atoms with Gasteiger partial charge in [-0.2, -0.15) is 4.31 Å². The van der Waals surface area contributed by atoms with Crippen molar-refractivity contribution in [3.63, 3.8) is 0 Å². The Balaban J connectivity index is 1.52. The molecule has 1 N–H and O–H groups in total. The molecule has 0 unspecified atom stereocenters. The average Bonchev–Trinajstić information content (AvgIpc) is 3.28. The third kappa shape index (κ3) is 5.16. The van der Waals surface area contributed by atoms with Gasteiger partial charge in [0.2, 0.25) is 10.0 Å². The quantitative estimate of drug-likeness (QED) is 0.555. The Morgan fingerprint density at radius 1 is 1.12 bits per heavy atom. The largest absolute Gasteiger partial charge is 0.379 e. The van der Waals surface area contributed by atoms with Crippen LogP contribution in [0, 0.1) is 6.92 Å². The molecular weight excluding hydrogens is 458 g/mol. The second-order valence-corrected chi connectivity index (χ2v) is 11.0. The van der Waals surface area contributed by atoms with E-state index in [-0.39, 0.29) is 10.5 Å². The van der Waals surface area contributed by atoms with Gasteiger partial charge in [0.05, 0.1) is 23.8 Å². The van der Waals surface area contributed by atoms with Gasteiger partial charge in [-0.3, -0.25) is 10.1 Å². The summed E-state index contributed by atoms with van der Waals surface area (Å²) in [4.78, 5) is 17.5. The molecule has 0 saturated carbocycles. The minimum atomic E-state index is -3.70. The predicted octanol–water partition coefficient (Wildman–Crippen LogP) is 4.52. The van der Waals surface area contributed by atoms with E-state index in [1.807, 2.05) is 17.5 Å². The second-order valence-electron chi connectivity index (χ2n) is 8.27. The normalized spacial score (nSPS) is 15.0. The van der Waals surface area contributed by atoms with Crippen LogP contribution in [0.5, 0.6) is 0 Å². The van der Waals surface area contributed by atoms with Gasteiger partial charge in [0.15, 0.2) is 5.13 Å². The topological polar surface area (TPSA) is 88.6 Å². The summed E-state index contributed by atoms with van der Waals surface area (Å²) in [5.74, 6) is 0.0558. The van der Waals surface area contributed by atoms with Crippen LogP contribution in [0.25, 0.3) is 11.3 Å². The molecule has 3 aromatic rings. The molecule has 1 amide bonds. The van der Waals surface area contributed by atoms with Crippen LogP contribution in [0.4, 0.5) is 5.13 Å². The lowest BCUT2D eigenvalue weighted by Crippen LogP contribution is -2.40. The molecule has 0 spiro atoms. The van der Waals surface area contributed by atoms with Crippen LogP contribution in [-0.2, 0) is 14.8 Å². The number of carbonyl (C=O) groups is 1. The van der Waals surface area contributed by atoms with Gasteiger partial charge in [-0.05, 0) is 36.1 Å². The SMILES string of the molecule is Cc1ccc(C(=O)Nc2nc(-c3ccc(C(C)C)cc3)cs2)cc1S(=O)(=O)N1CCOCC1. The second kappa shape index (κ2) is 9.72. The number of hydrogen-bond acceptors (Lipinski definition) is 6. The Kier molecular flexibility index (Phi) is 6.94. The molecule has 7 nitrogen and oxygen atoms in total. The van der Waals surface area contributed by atoms with Crippen molar-refractivity contribution in [2.75, 3.05) is 31.6 Å². The Bertz CT molecular complexity index is 1240. The van der Waals surface area contributed by atoms with Crippen LogP contribution in [0.3, 0.4) is 0 Å². The number of nitrogens with one attached hydrogen (secondary N) is 1. The van der Waals surface area contributed by atoms with Crippen molar-refractivity contribution in [3.05, 3.63) is 64.5 Å². The van der Waals surface area contributed by atoms with Crippen molar-refractivity contribution in [3.8, 4) is 11.3 Å². The lowest BCUT2D eigenvalue weighted by atomic mass is 10.0. The first kappa shape index (κ1) is 23.6. The number of aryl methyl sites for hydroxylation is 1. The number of thiazole rings is 1. The molecule has 174 valence electrons. The van der Waals surface area contributed by atoms with E-state index in [2.05, 4.69) is 36.3 Å². The fraction of sp³-hybridized carbons (Fsp3) is 0.333. The Hall–Kier alpha value is -2.59. The first-order chi connectivity index (χ1) is 15.8. The van der Waals surface area contributed by atoms with E-state index in [0.29, 0.717) is 42.9 Å². The molecule has 4 rings (SSSR count). The van der Waals surface area contributed by atoms with Crippen molar-refractivity contribution in [2.24, 2.45) is 0 Å². The third-order valence-corrected chi connectivity index (χ3v) is 8.43. The number of benzene rings is 2. The lowest BCUT2D eigenvalue weighted by molar-refractivity contribution is 0.0730. The van der Waals surface area contributed by atoms with Crippen LogP contribution >= 0.6 is 11.3 Å². The molecular formula is C24H27N3O4S2. The van der Waals surface area contributed by atoms with E-state index in [1.165, 1.54) is 27.3 Å². The zero-order valence-corrected chi connectivity index (χ0v) is 20.5. The molecule has 0 atom stereocenters. The number of ether oxygens (including phenoxy) is 1. The maximum Gasteiger partial charge on any atom is 0.257 e. The third-order valence-electron chi connectivity index (χ3n) is 5.64. The van der Waals surface area contributed by atoms with Crippen molar-refractivity contribution in [1.82, 2.24) is 9.29 Å². The number of sulfonamides is 1. The maximum atomic E-state index is 13.1. The Morgan fingerprint density at radius 2 is 1.82 bits per heavy atom. The monoisotopic (exact) mass is 485 g/mol. The highest BCUT2D eigenvalue weighted by Crippen LogP contribution is 2.27.